The molecule has 3 aromatic rings. The van der Waals surface area contributed by atoms with E-state index in [2.05, 4.69) is 41.4 Å². The van der Waals surface area contributed by atoms with Gasteiger partial charge in [0.15, 0.2) is 0 Å². The first-order valence-electron chi connectivity index (χ1n) is 11.6. The van der Waals surface area contributed by atoms with Gasteiger partial charge in [-0.25, -0.2) is 8.42 Å². The molecule has 1 amide bonds. The van der Waals surface area contributed by atoms with Crippen LogP contribution in [0.5, 0.6) is 0 Å². The molecular weight excluding hydrogens is 452 g/mol. The molecule has 0 spiro atoms. The lowest BCUT2D eigenvalue weighted by Crippen LogP contribution is -2.28. The highest BCUT2D eigenvalue weighted by molar-refractivity contribution is 7.89. The summed E-state index contributed by atoms with van der Waals surface area (Å²) in [5.74, 6) is 1.23. The number of amides is 1. The Labute approximate surface area is 200 Å². The van der Waals surface area contributed by atoms with Crippen LogP contribution in [0.15, 0.2) is 57.9 Å². The number of benzene rings is 2. The second-order valence-corrected chi connectivity index (χ2v) is 10.8. The summed E-state index contributed by atoms with van der Waals surface area (Å²) >= 11 is 0. The van der Waals surface area contributed by atoms with Gasteiger partial charge in [0.1, 0.15) is 0 Å². The van der Waals surface area contributed by atoms with Crippen molar-refractivity contribution < 1.29 is 17.7 Å². The second kappa shape index (κ2) is 10.5. The minimum atomic E-state index is -3.43. The number of carbonyl (C=O) groups excluding carboxylic acids is 1. The fourth-order valence-electron chi connectivity index (χ4n) is 3.86. The Kier molecular flexibility index (Phi) is 7.43. The number of sulfonamides is 1. The van der Waals surface area contributed by atoms with Gasteiger partial charge in [-0.15, -0.1) is 0 Å². The minimum Gasteiger partial charge on any atom is -0.352 e. The Morgan fingerprint density at radius 3 is 2.38 bits per heavy atom. The fraction of sp³-hybridized carbons (Fsp3) is 0.400. The predicted molar refractivity (Wildman–Crippen MR) is 128 cm³/mol. The van der Waals surface area contributed by atoms with E-state index in [1.165, 1.54) is 9.87 Å². The largest absolute Gasteiger partial charge is 0.352 e. The lowest BCUT2D eigenvalue weighted by molar-refractivity contribution is -0.121. The third-order valence-corrected chi connectivity index (χ3v) is 7.90. The smallest absolute Gasteiger partial charge is 0.243 e. The molecule has 2 heterocycles. The molecule has 1 aliphatic rings. The second-order valence-electron chi connectivity index (χ2n) is 8.82. The van der Waals surface area contributed by atoms with Crippen molar-refractivity contribution in [3.8, 4) is 11.4 Å². The molecule has 1 fully saturated rings. The standard InChI is InChI=1S/C25H30N4O4S/c1-18(2)20-7-9-21(10-8-20)25-27-24(33-28-25)14-13-23(30)26-17-19-5-11-22(12-6-19)34(31,32)29-15-3-4-16-29/h5-12,18H,3-4,13-17H2,1-2H3,(H,26,30). The van der Waals surface area contributed by atoms with Crippen LogP contribution in [0.4, 0.5) is 0 Å². The Bertz CT molecular complexity index is 1210. The molecular formula is C25H30N4O4S. The maximum atomic E-state index is 12.6. The molecule has 0 saturated carbocycles. The van der Waals surface area contributed by atoms with E-state index in [1.54, 1.807) is 24.3 Å². The molecule has 0 bridgehead atoms. The zero-order valence-electron chi connectivity index (χ0n) is 19.5. The normalized spacial score (nSPS) is 14.6. The van der Waals surface area contributed by atoms with Crippen molar-refractivity contribution in [2.75, 3.05) is 13.1 Å². The van der Waals surface area contributed by atoms with E-state index in [-0.39, 0.29) is 17.2 Å². The molecule has 9 heteroatoms. The molecule has 180 valence electrons. The number of nitrogens with one attached hydrogen (secondary N) is 1. The van der Waals surface area contributed by atoms with Gasteiger partial charge in [-0.2, -0.15) is 9.29 Å². The number of hydrogen-bond acceptors (Lipinski definition) is 6. The van der Waals surface area contributed by atoms with E-state index in [1.807, 2.05) is 12.1 Å². The van der Waals surface area contributed by atoms with Gasteiger partial charge in [-0.05, 0) is 42.0 Å². The van der Waals surface area contributed by atoms with Crippen molar-refractivity contribution in [3.05, 3.63) is 65.5 Å². The summed E-state index contributed by atoms with van der Waals surface area (Å²) < 4.78 is 32.0. The maximum Gasteiger partial charge on any atom is 0.243 e. The van der Waals surface area contributed by atoms with Gasteiger partial charge >= 0.3 is 0 Å². The number of rotatable bonds is 9. The summed E-state index contributed by atoms with van der Waals surface area (Å²) in [5.41, 5.74) is 2.95. The van der Waals surface area contributed by atoms with Gasteiger partial charge in [0.25, 0.3) is 0 Å². The van der Waals surface area contributed by atoms with Crippen LogP contribution in [-0.2, 0) is 27.8 Å². The summed E-state index contributed by atoms with van der Waals surface area (Å²) in [5, 5.41) is 6.87. The van der Waals surface area contributed by atoms with E-state index in [9.17, 15) is 13.2 Å². The van der Waals surface area contributed by atoms with Crippen LogP contribution in [0.2, 0.25) is 0 Å². The third kappa shape index (κ3) is 5.71. The molecule has 0 radical (unpaired) electrons. The van der Waals surface area contributed by atoms with Crippen molar-refractivity contribution >= 4 is 15.9 Å². The summed E-state index contributed by atoms with van der Waals surface area (Å²) in [4.78, 5) is 16.9. The Morgan fingerprint density at radius 1 is 1.06 bits per heavy atom. The highest BCUT2D eigenvalue weighted by atomic mass is 32.2. The predicted octanol–water partition coefficient (Wildman–Crippen LogP) is 3.89. The van der Waals surface area contributed by atoms with Crippen molar-refractivity contribution in [3.63, 3.8) is 0 Å². The molecule has 1 N–H and O–H groups in total. The van der Waals surface area contributed by atoms with Crippen molar-refractivity contribution in [1.29, 1.82) is 0 Å². The topological polar surface area (TPSA) is 105 Å². The minimum absolute atomic E-state index is 0.144. The lowest BCUT2D eigenvalue weighted by atomic mass is 10.0. The molecule has 8 nitrogen and oxygen atoms in total. The molecule has 0 unspecified atom stereocenters. The first-order valence-corrected chi connectivity index (χ1v) is 13.1. The molecule has 34 heavy (non-hydrogen) atoms. The van der Waals surface area contributed by atoms with Crippen molar-refractivity contribution in [1.82, 2.24) is 19.8 Å². The molecule has 2 aromatic carbocycles. The summed E-state index contributed by atoms with van der Waals surface area (Å²) in [6.07, 6.45) is 2.37. The van der Waals surface area contributed by atoms with E-state index in [4.69, 9.17) is 4.52 Å². The van der Waals surface area contributed by atoms with Crippen LogP contribution >= 0.6 is 0 Å². The fourth-order valence-corrected chi connectivity index (χ4v) is 5.37. The quantitative estimate of drug-likeness (QED) is 0.496. The van der Waals surface area contributed by atoms with Gasteiger partial charge in [-0.3, -0.25) is 4.79 Å². The van der Waals surface area contributed by atoms with E-state index in [0.717, 1.165) is 24.0 Å². The highest BCUT2D eigenvalue weighted by Crippen LogP contribution is 2.22. The van der Waals surface area contributed by atoms with Crippen LogP contribution in [0, 0.1) is 0 Å². The molecule has 1 aliphatic heterocycles. The summed E-state index contributed by atoms with van der Waals surface area (Å²) in [7, 11) is -3.43. The van der Waals surface area contributed by atoms with Crippen LogP contribution in [0.25, 0.3) is 11.4 Å². The van der Waals surface area contributed by atoms with Crippen LogP contribution in [-0.4, -0.2) is 41.9 Å². The Balaban J connectivity index is 1.25. The molecule has 1 saturated heterocycles. The number of carbonyl (C=O) groups is 1. The molecule has 0 atom stereocenters. The maximum absolute atomic E-state index is 12.6. The average Bonchev–Trinajstić information content (AvgIpc) is 3.55. The Hall–Kier alpha value is -3.04. The van der Waals surface area contributed by atoms with Crippen LogP contribution < -0.4 is 5.32 Å². The first kappa shape index (κ1) is 24.1. The van der Waals surface area contributed by atoms with E-state index in [0.29, 0.717) is 43.7 Å². The molecule has 4 rings (SSSR count). The van der Waals surface area contributed by atoms with E-state index >= 15 is 0 Å². The number of aromatic nitrogens is 2. The monoisotopic (exact) mass is 482 g/mol. The Morgan fingerprint density at radius 2 is 1.74 bits per heavy atom. The van der Waals surface area contributed by atoms with Gasteiger partial charge in [0, 0.05) is 38.0 Å². The summed E-state index contributed by atoms with van der Waals surface area (Å²) in [6.45, 7) is 5.75. The number of nitrogens with zero attached hydrogens (tertiary/aromatic N) is 3. The van der Waals surface area contributed by atoms with Crippen LogP contribution in [0.1, 0.15) is 56.0 Å². The third-order valence-electron chi connectivity index (χ3n) is 5.99. The highest BCUT2D eigenvalue weighted by Gasteiger charge is 2.26. The molecule has 0 aliphatic carbocycles. The van der Waals surface area contributed by atoms with Crippen molar-refractivity contribution in [2.45, 2.75) is 56.9 Å². The SMILES string of the molecule is CC(C)c1ccc(-c2noc(CCC(=O)NCc3ccc(S(=O)(=O)N4CCCC4)cc3)n2)cc1. The lowest BCUT2D eigenvalue weighted by Gasteiger charge is -2.15. The van der Waals surface area contributed by atoms with E-state index < -0.39 is 10.0 Å². The van der Waals surface area contributed by atoms with Gasteiger partial charge in [0.05, 0.1) is 4.90 Å². The zero-order valence-corrected chi connectivity index (χ0v) is 20.3. The summed E-state index contributed by atoms with van der Waals surface area (Å²) in [6, 6.07) is 14.7. The van der Waals surface area contributed by atoms with Crippen LogP contribution in [0.3, 0.4) is 0 Å². The van der Waals surface area contributed by atoms with Gasteiger partial charge in [0.2, 0.25) is 27.6 Å². The zero-order chi connectivity index (χ0) is 24.1. The van der Waals surface area contributed by atoms with Gasteiger partial charge < -0.3 is 9.84 Å². The number of hydrogen-bond donors (Lipinski definition) is 1. The molecule has 1 aromatic heterocycles. The van der Waals surface area contributed by atoms with Gasteiger partial charge in [-0.1, -0.05) is 55.4 Å². The van der Waals surface area contributed by atoms with Crippen molar-refractivity contribution in [2.24, 2.45) is 0 Å². The average molecular weight is 483 g/mol. The number of aryl methyl sites for hydroxylation is 1. The first-order chi connectivity index (χ1) is 16.3.